The lowest BCUT2D eigenvalue weighted by Crippen LogP contribution is -2.50. The number of hydrogen-bond acceptors (Lipinski definition) is 4. The maximum Gasteiger partial charge on any atom is 0.173 e. The summed E-state index contributed by atoms with van der Waals surface area (Å²) in [4.78, 5) is 4.47. The average molecular weight is 392 g/mol. The van der Waals surface area contributed by atoms with Gasteiger partial charge in [0, 0.05) is 43.0 Å². The first-order valence-corrected chi connectivity index (χ1v) is 9.18. The molecule has 0 aromatic heterocycles. The van der Waals surface area contributed by atoms with Crippen molar-refractivity contribution in [1.29, 1.82) is 0 Å². The van der Waals surface area contributed by atoms with Gasteiger partial charge in [0.05, 0.1) is 19.9 Å². The van der Waals surface area contributed by atoms with E-state index in [0.717, 1.165) is 49.1 Å². The highest BCUT2D eigenvalue weighted by molar-refractivity contribution is 7.80. The minimum Gasteiger partial charge on any atom is -0.497 e. The molecule has 0 bridgehead atoms. The van der Waals surface area contributed by atoms with Crippen molar-refractivity contribution in [3.63, 3.8) is 0 Å². The Morgan fingerprint density at radius 1 is 1.04 bits per heavy atom. The van der Waals surface area contributed by atoms with Crippen LogP contribution in [0, 0.1) is 0 Å². The van der Waals surface area contributed by atoms with Crippen molar-refractivity contribution >= 4 is 40.3 Å². The Morgan fingerprint density at radius 3 is 2.46 bits per heavy atom. The van der Waals surface area contributed by atoms with Gasteiger partial charge >= 0.3 is 0 Å². The standard InChI is InChI=1S/C19H22ClN3O2S/c1-24-16-6-7-17(18(13-16)25-2)22-8-10-23(11-9-22)19(26)21-15-5-3-4-14(20)12-15/h3-7,12-13H,8-11H2,1-2H3,(H,21,26). The molecule has 5 nitrogen and oxygen atoms in total. The zero-order chi connectivity index (χ0) is 18.5. The number of thiocarbonyl (C=S) groups is 1. The molecule has 0 saturated carbocycles. The SMILES string of the molecule is COc1ccc(N2CCN(C(=S)Nc3cccc(Cl)c3)CC2)c(OC)c1. The van der Waals surface area contributed by atoms with E-state index in [2.05, 4.69) is 15.1 Å². The summed E-state index contributed by atoms with van der Waals surface area (Å²) in [5, 5.41) is 4.66. The van der Waals surface area contributed by atoms with Crippen molar-refractivity contribution in [2.45, 2.75) is 0 Å². The van der Waals surface area contributed by atoms with Crippen LogP contribution in [0.25, 0.3) is 0 Å². The van der Waals surface area contributed by atoms with Crippen LogP contribution >= 0.6 is 23.8 Å². The van der Waals surface area contributed by atoms with E-state index in [0.29, 0.717) is 10.1 Å². The first-order valence-electron chi connectivity index (χ1n) is 8.39. The van der Waals surface area contributed by atoms with E-state index >= 15 is 0 Å². The van der Waals surface area contributed by atoms with Gasteiger partial charge in [-0.3, -0.25) is 0 Å². The minimum absolute atomic E-state index is 0.689. The van der Waals surface area contributed by atoms with Crippen molar-refractivity contribution in [1.82, 2.24) is 4.90 Å². The zero-order valence-electron chi connectivity index (χ0n) is 14.9. The molecule has 1 heterocycles. The number of nitrogens with zero attached hydrogens (tertiary/aromatic N) is 2. The summed E-state index contributed by atoms with van der Waals surface area (Å²) in [6, 6.07) is 13.5. The molecule has 7 heteroatoms. The average Bonchev–Trinajstić information content (AvgIpc) is 2.67. The molecule has 1 aliphatic heterocycles. The summed E-state index contributed by atoms with van der Waals surface area (Å²) >= 11 is 11.6. The number of halogens is 1. The van der Waals surface area contributed by atoms with Crippen LogP contribution in [0.2, 0.25) is 5.02 Å². The third kappa shape index (κ3) is 4.31. The van der Waals surface area contributed by atoms with Gasteiger partial charge in [-0.25, -0.2) is 0 Å². The van der Waals surface area contributed by atoms with Crippen LogP contribution in [0.1, 0.15) is 0 Å². The molecule has 0 amide bonds. The predicted molar refractivity (Wildman–Crippen MR) is 111 cm³/mol. The molecule has 3 rings (SSSR count). The smallest absolute Gasteiger partial charge is 0.173 e. The molecule has 138 valence electrons. The summed E-state index contributed by atoms with van der Waals surface area (Å²) in [7, 11) is 3.33. The van der Waals surface area contributed by atoms with Crippen LogP contribution in [0.5, 0.6) is 11.5 Å². The van der Waals surface area contributed by atoms with E-state index in [1.807, 2.05) is 42.5 Å². The molecule has 0 radical (unpaired) electrons. The van der Waals surface area contributed by atoms with Crippen molar-refractivity contribution in [3.05, 3.63) is 47.5 Å². The molecule has 0 atom stereocenters. The Balaban J connectivity index is 1.61. The van der Waals surface area contributed by atoms with E-state index < -0.39 is 0 Å². The normalized spacial score (nSPS) is 14.1. The second kappa shape index (κ2) is 8.47. The fraction of sp³-hybridized carbons (Fsp3) is 0.316. The molecular weight excluding hydrogens is 370 g/mol. The van der Waals surface area contributed by atoms with Crippen molar-refractivity contribution < 1.29 is 9.47 Å². The lowest BCUT2D eigenvalue weighted by atomic mass is 10.2. The monoisotopic (exact) mass is 391 g/mol. The third-order valence-corrected chi connectivity index (χ3v) is 4.97. The van der Waals surface area contributed by atoms with Gasteiger partial charge in [0.25, 0.3) is 0 Å². The van der Waals surface area contributed by atoms with Crippen LogP contribution in [-0.2, 0) is 0 Å². The fourth-order valence-corrected chi connectivity index (χ4v) is 3.46. The van der Waals surface area contributed by atoms with Gasteiger partial charge in [-0.2, -0.15) is 0 Å². The molecule has 0 spiro atoms. The Morgan fingerprint density at radius 2 is 1.81 bits per heavy atom. The zero-order valence-corrected chi connectivity index (χ0v) is 16.4. The molecule has 2 aromatic rings. The number of anilines is 2. The molecule has 26 heavy (non-hydrogen) atoms. The van der Waals surface area contributed by atoms with Crippen molar-refractivity contribution in [2.24, 2.45) is 0 Å². The highest BCUT2D eigenvalue weighted by Crippen LogP contribution is 2.32. The van der Waals surface area contributed by atoms with Gasteiger partial charge < -0.3 is 24.6 Å². The molecular formula is C19H22ClN3O2S. The molecule has 1 saturated heterocycles. The summed E-state index contributed by atoms with van der Waals surface area (Å²) in [6.07, 6.45) is 0. The second-order valence-electron chi connectivity index (χ2n) is 5.95. The first kappa shape index (κ1) is 18.6. The van der Waals surface area contributed by atoms with Crippen LogP contribution in [0.4, 0.5) is 11.4 Å². The second-order valence-corrected chi connectivity index (χ2v) is 6.78. The lowest BCUT2D eigenvalue weighted by molar-refractivity contribution is 0.377. The van der Waals surface area contributed by atoms with Crippen molar-refractivity contribution in [3.8, 4) is 11.5 Å². The number of nitrogens with one attached hydrogen (secondary N) is 1. The van der Waals surface area contributed by atoms with E-state index in [9.17, 15) is 0 Å². The maximum atomic E-state index is 6.03. The number of benzene rings is 2. The Hall–Kier alpha value is -2.18. The summed E-state index contributed by atoms with van der Waals surface area (Å²) in [5.41, 5.74) is 1.98. The van der Waals surface area contributed by atoms with Crippen LogP contribution in [0.3, 0.4) is 0 Å². The van der Waals surface area contributed by atoms with Crippen LogP contribution in [0.15, 0.2) is 42.5 Å². The van der Waals surface area contributed by atoms with Gasteiger partial charge in [0.1, 0.15) is 11.5 Å². The third-order valence-electron chi connectivity index (χ3n) is 4.37. The lowest BCUT2D eigenvalue weighted by Gasteiger charge is -2.38. The largest absolute Gasteiger partial charge is 0.497 e. The van der Waals surface area contributed by atoms with Crippen molar-refractivity contribution in [2.75, 3.05) is 50.6 Å². The number of piperazine rings is 1. The maximum absolute atomic E-state index is 6.03. The quantitative estimate of drug-likeness (QED) is 0.797. The van der Waals surface area contributed by atoms with E-state index in [1.54, 1.807) is 14.2 Å². The van der Waals surface area contributed by atoms with Gasteiger partial charge in [0.15, 0.2) is 5.11 Å². The minimum atomic E-state index is 0.689. The number of ether oxygens (including phenoxy) is 2. The first-order chi connectivity index (χ1) is 12.6. The summed E-state index contributed by atoms with van der Waals surface area (Å²) < 4.78 is 10.8. The van der Waals surface area contributed by atoms with Gasteiger partial charge in [-0.1, -0.05) is 17.7 Å². The van der Waals surface area contributed by atoms with E-state index in [-0.39, 0.29) is 0 Å². The van der Waals surface area contributed by atoms with E-state index in [4.69, 9.17) is 33.3 Å². The highest BCUT2D eigenvalue weighted by Gasteiger charge is 2.21. The van der Waals surface area contributed by atoms with Gasteiger partial charge in [-0.15, -0.1) is 0 Å². The van der Waals surface area contributed by atoms with E-state index in [1.165, 1.54) is 0 Å². The summed E-state index contributed by atoms with van der Waals surface area (Å²) in [6.45, 7) is 3.39. The Bertz CT molecular complexity index is 779. The summed E-state index contributed by atoms with van der Waals surface area (Å²) in [5.74, 6) is 1.61. The molecule has 2 aromatic carbocycles. The molecule has 1 aliphatic rings. The molecule has 1 fully saturated rings. The Kier molecular flexibility index (Phi) is 6.06. The molecule has 1 N–H and O–H groups in total. The fourth-order valence-electron chi connectivity index (χ4n) is 2.97. The highest BCUT2D eigenvalue weighted by atomic mass is 35.5. The van der Waals surface area contributed by atoms with Gasteiger partial charge in [-0.05, 0) is 42.5 Å². The predicted octanol–water partition coefficient (Wildman–Crippen LogP) is 3.88. The van der Waals surface area contributed by atoms with Crippen LogP contribution in [-0.4, -0.2) is 50.4 Å². The van der Waals surface area contributed by atoms with Crippen LogP contribution < -0.4 is 19.7 Å². The Labute approximate surface area is 164 Å². The topological polar surface area (TPSA) is 37.0 Å². The van der Waals surface area contributed by atoms with Gasteiger partial charge in [0.2, 0.25) is 0 Å². The molecule has 0 unspecified atom stereocenters. The number of methoxy groups -OCH3 is 2. The number of rotatable bonds is 4. The number of hydrogen-bond donors (Lipinski definition) is 1. The molecule has 0 aliphatic carbocycles.